The molecule has 22 heavy (non-hydrogen) atoms. The third-order valence-electron chi connectivity index (χ3n) is 3.53. The first kappa shape index (κ1) is 14.1. The molecule has 0 atom stereocenters. The number of hydrogen-bond acceptors (Lipinski definition) is 4. The Morgan fingerprint density at radius 2 is 1.86 bits per heavy atom. The minimum Gasteiger partial charge on any atom is -0.457 e. The summed E-state index contributed by atoms with van der Waals surface area (Å²) in [5, 5.41) is 3.84. The van der Waals surface area contributed by atoms with Crippen LogP contribution in [0.4, 0.5) is 0 Å². The number of carbonyl (C=O) groups excluding carboxylic acids is 1. The summed E-state index contributed by atoms with van der Waals surface area (Å²) in [6, 6.07) is 11.2. The minimum atomic E-state index is -0.362. The van der Waals surface area contributed by atoms with Crippen LogP contribution in [0.2, 0.25) is 0 Å². The average molecular weight is 296 g/mol. The zero-order chi connectivity index (χ0) is 15.5. The van der Waals surface area contributed by atoms with E-state index < -0.39 is 0 Å². The van der Waals surface area contributed by atoms with E-state index >= 15 is 0 Å². The molecule has 0 fully saturated rings. The maximum Gasteiger partial charge on any atom is 0.338 e. The molecule has 5 nitrogen and oxygen atoms in total. The third kappa shape index (κ3) is 2.79. The highest BCUT2D eigenvalue weighted by Gasteiger charge is 2.13. The van der Waals surface area contributed by atoms with E-state index in [-0.39, 0.29) is 12.6 Å². The summed E-state index contributed by atoms with van der Waals surface area (Å²) in [6.07, 6.45) is 3.90. The van der Waals surface area contributed by atoms with Gasteiger partial charge in [0.1, 0.15) is 12.4 Å². The van der Waals surface area contributed by atoms with E-state index in [9.17, 15) is 4.79 Å². The van der Waals surface area contributed by atoms with Gasteiger partial charge in [-0.05, 0) is 50.2 Å². The fraction of sp³-hybridized carbons (Fsp3) is 0.176. The van der Waals surface area contributed by atoms with Gasteiger partial charge >= 0.3 is 5.97 Å². The van der Waals surface area contributed by atoms with Crippen LogP contribution in [0.15, 0.2) is 53.3 Å². The monoisotopic (exact) mass is 296 g/mol. The van der Waals surface area contributed by atoms with Gasteiger partial charge in [0.15, 0.2) is 0 Å². The lowest BCUT2D eigenvalue weighted by Gasteiger charge is -2.06. The van der Waals surface area contributed by atoms with Crippen LogP contribution in [0.5, 0.6) is 0 Å². The third-order valence-corrected chi connectivity index (χ3v) is 3.53. The van der Waals surface area contributed by atoms with Gasteiger partial charge in [-0.25, -0.2) is 4.79 Å². The van der Waals surface area contributed by atoms with Crippen LogP contribution in [-0.2, 0) is 11.3 Å². The first-order valence-corrected chi connectivity index (χ1v) is 6.97. The molecule has 0 amide bonds. The number of aromatic nitrogens is 2. The van der Waals surface area contributed by atoms with Crippen LogP contribution >= 0.6 is 0 Å². The predicted molar refractivity (Wildman–Crippen MR) is 80.9 cm³/mol. The molecule has 2 heterocycles. The maximum absolute atomic E-state index is 12.1. The largest absolute Gasteiger partial charge is 0.457 e. The van der Waals surface area contributed by atoms with E-state index in [2.05, 4.69) is 5.16 Å². The van der Waals surface area contributed by atoms with Crippen LogP contribution in [-0.4, -0.2) is 15.7 Å². The number of rotatable bonds is 4. The number of aryl methyl sites for hydroxylation is 2. The van der Waals surface area contributed by atoms with E-state index in [4.69, 9.17) is 9.26 Å². The Balaban J connectivity index is 1.68. The highest BCUT2D eigenvalue weighted by Crippen LogP contribution is 2.15. The molecular formula is C17H16N2O3. The number of hydrogen-bond donors (Lipinski definition) is 0. The van der Waals surface area contributed by atoms with Crippen molar-refractivity contribution in [2.24, 2.45) is 0 Å². The fourth-order valence-corrected chi connectivity index (χ4v) is 2.21. The molecule has 0 aliphatic carbocycles. The van der Waals surface area contributed by atoms with Crippen molar-refractivity contribution in [3.63, 3.8) is 0 Å². The van der Waals surface area contributed by atoms with Crippen molar-refractivity contribution < 1.29 is 14.1 Å². The Hall–Kier alpha value is -2.82. The van der Waals surface area contributed by atoms with Crippen molar-refractivity contribution in [3.05, 3.63) is 71.4 Å². The summed E-state index contributed by atoms with van der Waals surface area (Å²) in [6.45, 7) is 3.79. The molecule has 2 aromatic heterocycles. The topological polar surface area (TPSA) is 57.3 Å². The van der Waals surface area contributed by atoms with E-state index in [1.165, 1.54) is 0 Å². The van der Waals surface area contributed by atoms with Gasteiger partial charge in [0.05, 0.1) is 16.8 Å². The summed E-state index contributed by atoms with van der Waals surface area (Å²) in [7, 11) is 0. The van der Waals surface area contributed by atoms with Gasteiger partial charge in [-0.2, -0.15) is 0 Å². The lowest BCUT2D eigenvalue weighted by molar-refractivity contribution is 0.0471. The van der Waals surface area contributed by atoms with Gasteiger partial charge in [0.25, 0.3) is 0 Å². The molecule has 0 saturated heterocycles. The fourth-order valence-electron chi connectivity index (χ4n) is 2.21. The molecule has 0 aliphatic rings. The molecular weight excluding hydrogens is 280 g/mol. The number of benzene rings is 1. The quantitative estimate of drug-likeness (QED) is 0.692. The summed E-state index contributed by atoms with van der Waals surface area (Å²) in [5.41, 5.74) is 3.07. The van der Waals surface area contributed by atoms with Gasteiger partial charge in [-0.3, -0.25) is 0 Å². The van der Waals surface area contributed by atoms with Gasteiger partial charge < -0.3 is 13.8 Å². The van der Waals surface area contributed by atoms with Gasteiger partial charge in [0, 0.05) is 18.1 Å². The minimum absolute atomic E-state index is 0.166. The molecule has 3 rings (SSSR count). The standard InChI is InChI=1S/C17H16N2O3/c1-12-16(13(2)22-18-12)11-21-17(20)14-5-7-15(8-6-14)19-9-3-4-10-19/h3-10H,11H2,1-2H3. The Kier molecular flexibility index (Phi) is 3.78. The smallest absolute Gasteiger partial charge is 0.338 e. The summed E-state index contributed by atoms with van der Waals surface area (Å²) in [5.74, 6) is 0.312. The van der Waals surface area contributed by atoms with Crippen LogP contribution in [0.1, 0.15) is 27.4 Å². The van der Waals surface area contributed by atoms with Crippen molar-refractivity contribution in [1.29, 1.82) is 0 Å². The molecule has 112 valence electrons. The molecule has 0 unspecified atom stereocenters. The number of nitrogens with zero attached hydrogens (tertiary/aromatic N) is 2. The second kappa shape index (κ2) is 5.89. The van der Waals surface area contributed by atoms with Crippen LogP contribution in [0.25, 0.3) is 5.69 Å². The highest BCUT2D eigenvalue weighted by molar-refractivity contribution is 5.89. The molecule has 0 bridgehead atoms. The first-order valence-electron chi connectivity index (χ1n) is 6.97. The van der Waals surface area contributed by atoms with E-state index in [0.29, 0.717) is 11.3 Å². The number of esters is 1. The Morgan fingerprint density at radius 3 is 2.45 bits per heavy atom. The van der Waals surface area contributed by atoms with E-state index in [0.717, 1.165) is 16.9 Å². The number of carbonyl (C=O) groups is 1. The van der Waals surface area contributed by atoms with Gasteiger partial charge in [0.2, 0.25) is 0 Å². The van der Waals surface area contributed by atoms with Crippen LogP contribution in [0, 0.1) is 13.8 Å². The van der Waals surface area contributed by atoms with Gasteiger partial charge in [-0.15, -0.1) is 0 Å². The van der Waals surface area contributed by atoms with E-state index in [1.807, 2.05) is 48.1 Å². The van der Waals surface area contributed by atoms with Crippen molar-refractivity contribution in [3.8, 4) is 5.69 Å². The second-order valence-electron chi connectivity index (χ2n) is 5.02. The lowest BCUT2D eigenvalue weighted by Crippen LogP contribution is -2.06. The zero-order valence-electron chi connectivity index (χ0n) is 12.4. The number of ether oxygens (including phenoxy) is 1. The molecule has 1 aromatic carbocycles. The molecule has 3 aromatic rings. The van der Waals surface area contributed by atoms with Crippen LogP contribution in [0.3, 0.4) is 0 Å². The van der Waals surface area contributed by atoms with Crippen LogP contribution < -0.4 is 0 Å². The molecule has 0 radical (unpaired) electrons. The van der Waals surface area contributed by atoms with Crippen molar-refractivity contribution in [1.82, 2.24) is 9.72 Å². The Labute approximate surface area is 128 Å². The first-order chi connectivity index (χ1) is 10.6. The molecule has 0 spiro atoms. The van der Waals surface area contributed by atoms with Crippen molar-refractivity contribution in [2.75, 3.05) is 0 Å². The van der Waals surface area contributed by atoms with Crippen molar-refractivity contribution >= 4 is 5.97 Å². The lowest BCUT2D eigenvalue weighted by atomic mass is 10.2. The van der Waals surface area contributed by atoms with Crippen molar-refractivity contribution in [2.45, 2.75) is 20.5 Å². The molecule has 0 N–H and O–H groups in total. The maximum atomic E-state index is 12.1. The summed E-state index contributed by atoms with van der Waals surface area (Å²) < 4.78 is 12.3. The molecule has 0 saturated carbocycles. The SMILES string of the molecule is Cc1noc(C)c1COC(=O)c1ccc(-n2cccc2)cc1. The Bertz CT molecular complexity index is 751. The highest BCUT2D eigenvalue weighted by atomic mass is 16.5. The summed E-state index contributed by atoms with van der Waals surface area (Å²) >= 11 is 0. The molecule has 5 heteroatoms. The second-order valence-corrected chi connectivity index (χ2v) is 5.02. The average Bonchev–Trinajstić information content (AvgIpc) is 3.17. The molecule has 0 aliphatic heterocycles. The zero-order valence-corrected chi connectivity index (χ0v) is 12.4. The van der Waals surface area contributed by atoms with Gasteiger partial charge in [-0.1, -0.05) is 5.16 Å². The summed E-state index contributed by atoms with van der Waals surface area (Å²) in [4.78, 5) is 12.1. The van der Waals surface area contributed by atoms with E-state index in [1.54, 1.807) is 19.1 Å². The predicted octanol–water partition coefficient (Wildman–Crippen LogP) is 3.44. The Morgan fingerprint density at radius 1 is 1.18 bits per heavy atom. The normalized spacial score (nSPS) is 10.6.